The van der Waals surface area contributed by atoms with Crippen molar-refractivity contribution < 1.29 is 34.2 Å². The van der Waals surface area contributed by atoms with Crippen LogP contribution in [0.4, 0.5) is 0 Å². The third-order valence-corrected chi connectivity index (χ3v) is 4.64. The van der Waals surface area contributed by atoms with Gasteiger partial charge < -0.3 is 26.6 Å². The van der Waals surface area contributed by atoms with Gasteiger partial charge in [-0.05, 0) is 32.2 Å². The Kier molecular flexibility index (Phi) is 15.0. The van der Waals surface area contributed by atoms with Crippen molar-refractivity contribution >= 4 is 29.5 Å². The number of carbonyl (C=O) groups is 5. The van der Waals surface area contributed by atoms with Crippen LogP contribution in [0.5, 0.6) is 0 Å². The van der Waals surface area contributed by atoms with E-state index in [9.17, 15) is 29.1 Å². The van der Waals surface area contributed by atoms with Crippen LogP contribution in [-0.2, 0) is 24.0 Å². The minimum atomic E-state index is -1.25. The average Bonchev–Trinajstić information content (AvgIpc) is 2.69. The van der Waals surface area contributed by atoms with E-state index in [-0.39, 0.29) is 31.6 Å². The molecule has 0 aliphatic carbocycles. The molecule has 6 N–H and O–H groups in total. The molecule has 10 heteroatoms. The molecule has 172 valence electrons. The second-order valence-corrected chi connectivity index (χ2v) is 7.23. The Bertz CT molecular complexity index is 581. The number of amides is 2. The summed E-state index contributed by atoms with van der Waals surface area (Å²) >= 11 is 0. The Morgan fingerprint density at radius 2 is 1.53 bits per heavy atom. The fraction of sp³-hybridized carbons (Fsp3) is 0.750. The summed E-state index contributed by atoms with van der Waals surface area (Å²) in [6.07, 6.45) is 4.71. The molecule has 0 saturated heterocycles. The Morgan fingerprint density at radius 3 is 2.10 bits per heavy atom. The molecule has 0 saturated carbocycles. The second kappa shape index (κ2) is 16.3. The van der Waals surface area contributed by atoms with E-state index >= 15 is 0 Å². The van der Waals surface area contributed by atoms with Crippen LogP contribution < -0.4 is 16.4 Å². The lowest BCUT2D eigenvalue weighted by Crippen LogP contribution is -2.42. The summed E-state index contributed by atoms with van der Waals surface area (Å²) in [6, 6.07) is -1.20. The molecule has 30 heavy (non-hydrogen) atoms. The molecule has 0 aromatic carbocycles. The summed E-state index contributed by atoms with van der Waals surface area (Å²) < 4.78 is 0. The van der Waals surface area contributed by atoms with Gasteiger partial charge >= 0.3 is 11.9 Å². The van der Waals surface area contributed by atoms with Gasteiger partial charge in [0.15, 0.2) is 5.78 Å². The van der Waals surface area contributed by atoms with Crippen LogP contribution in [0.3, 0.4) is 0 Å². The first kappa shape index (κ1) is 27.5. The third kappa shape index (κ3) is 12.9. The number of carboxylic acids is 2. The highest BCUT2D eigenvalue weighted by molar-refractivity contribution is 6.00. The molecule has 0 fully saturated rings. The van der Waals surface area contributed by atoms with Crippen LogP contribution in [0, 0.1) is 5.92 Å². The molecule has 0 rings (SSSR count). The summed E-state index contributed by atoms with van der Waals surface area (Å²) in [5, 5.41) is 23.1. The van der Waals surface area contributed by atoms with Crippen LogP contribution >= 0.6 is 0 Å². The number of unbranched alkanes of at least 4 members (excludes halogenated alkanes) is 4. The number of aliphatic carboxylic acids is 2. The molecule has 2 amide bonds. The van der Waals surface area contributed by atoms with Crippen molar-refractivity contribution in [2.45, 2.75) is 77.2 Å². The zero-order valence-corrected chi connectivity index (χ0v) is 17.7. The number of ketones is 1. The highest BCUT2D eigenvalue weighted by Gasteiger charge is 2.26. The predicted octanol–water partition coefficient (Wildman–Crippen LogP) is 0.822. The second-order valence-electron chi connectivity index (χ2n) is 7.23. The summed E-state index contributed by atoms with van der Waals surface area (Å²) in [7, 11) is 0. The maximum atomic E-state index is 12.0. The van der Waals surface area contributed by atoms with Gasteiger partial charge in [-0.25, -0.2) is 4.79 Å². The fourth-order valence-corrected chi connectivity index (χ4v) is 2.82. The van der Waals surface area contributed by atoms with Crippen molar-refractivity contribution in [2.75, 3.05) is 13.1 Å². The summed E-state index contributed by atoms with van der Waals surface area (Å²) in [6.45, 7) is 2.00. The Balaban J connectivity index is 4.39. The van der Waals surface area contributed by atoms with Gasteiger partial charge in [-0.15, -0.1) is 0 Å². The topological polar surface area (TPSA) is 176 Å². The molecule has 1 unspecified atom stereocenters. The number of rotatable bonds is 18. The first-order chi connectivity index (χ1) is 14.2. The Hall–Kier alpha value is -2.49. The largest absolute Gasteiger partial charge is 0.481 e. The molecule has 0 radical (unpaired) electrons. The van der Waals surface area contributed by atoms with Crippen molar-refractivity contribution in [3.8, 4) is 0 Å². The van der Waals surface area contributed by atoms with Crippen LogP contribution in [0.25, 0.3) is 0 Å². The van der Waals surface area contributed by atoms with Crippen molar-refractivity contribution in [1.29, 1.82) is 0 Å². The van der Waals surface area contributed by atoms with E-state index in [2.05, 4.69) is 10.6 Å². The molecule has 0 aromatic heterocycles. The van der Waals surface area contributed by atoms with Crippen LogP contribution in [0.1, 0.15) is 71.1 Å². The Labute approximate surface area is 177 Å². The lowest BCUT2D eigenvalue weighted by molar-refractivity contribution is -0.147. The standard InChI is InChI=1S/C20H35N3O7/c1-2-3-4-5-9-18(26)23-15(20(29)30)10-11-17(25)22-13-16(24)14(19(27)28)8-6-7-12-21/h14-15H,2-13,21H2,1H3,(H,22,25)(H,23,26)(H,27,28)(H,29,30)/t14?,15-/m1/s1. The lowest BCUT2D eigenvalue weighted by atomic mass is 9.97. The average molecular weight is 430 g/mol. The molecule has 0 heterocycles. The molecule has 2 atom stereocenters. The van der Waals surface area contributed by atoms with Crippen molar-refractivity contribution in [3.63, 3.8) is 0 Å². The van der Waals surface area contributed by atoms with Gasteiger partial charge in [0.1, 0.15) is 12.0 Å². The number of Topliss-reactive ketones (excluding diaryl/α,β-unsaturated/α-hetero) is 1. The summed E-state index contributed by atoms with van der Waals surface area (Å²) in [4.78, 5) is 58.3. The maximum absolute atomic E-state index is 12.0. The number of hydrogen-bond donors (Lipinski definition) is 5. The third-order valence-electron chi connectivity index (χ3n) is 4.64. The maximum Gasteiger partial charge on any atom is 0.326 e. The fourth-order valence-electron chi connectivity index (χ4n) is 2.82. The molecular formula is C20H35N3O7. The normalized spacial score (nSPS) is 12.6. The van der Waals surface area contributed by atoms with Gasteiger partial charge in [0.2, 0.25) is 11.8 Å². The van der Waals surface area contributed by atoms with Gasteiger partial charge in [0.25, 0.3) is 0 Å². The monoisotopic (exact) mass is 429 g/mol. The number of hydrogen-bond acceptors (Lipinski definition) is 6. The highest BCUT2D eigenvalue weighted by Crippen LogP contribution is 2.10. The van der Waals surface area contributed by atoms with Gasteiger partial charge in [-0.2, -0.15) is 0 Å². The molecule has 0 spiro atoms. The van der Waals surface area contributed by atoms with Gasteiger partial charge in [-0.3, -0.25) is 19.2 Å². The van der Waals surface area contributed by atoms with E-state index in [1.807, 2.05) is 6.92 Å². The van der Waals surface area contributed by atoms with Crippen molar-refractivity contribution in [2.24, 2.45) is 11.7 Å². The van der Waals surface area contributed by atoms with Crippen LogP contribution in [0.2, 0.25) is 0 Å². The van der Waals surface area contributed by atoms with Gasteiger partial charge in [0, 0.05) is 12.8 Å². The van der Waals surface area contributed by atoms with E-state index in [0.29, 0.717) is 25.8 Å². The van der Waals surface area contributed by atoms with E-state index in [1.165, 1.54) is 0 Å². The van der Waals surface area contributed by atoms with Gasteiger partial charge in [-0.1, -0.05) is 32.6 Å². The van der Waals surface area contributed by atoms with E-state index in [1.54, 1.807) is 0 Å². The highest BCUT2D eigenvalue weighted by atomic mass is 16.4. The number of nitrogens with one attached hydrogen (secondary N) is 2. The molecule has 10 nitrogen and oxygen atoms in total. The van der Waals surface area contributed by atoms with E-state index < -0.39 is 42.1 Å². The molecule has 0 aliphatic heterocycles. The van der Waals surface area contributed by atoms with Crippen molar-refractivity contribution in [3.05, 3.63) is 0 Å². The smallest absolute Gasteiger partial charge is 0.326 e. The first-order valence-corrected chi connectivity index (χ1v) is 10.5. The number of nitrogens with two attached hydrogens (primary N) is 1. The molecule has 0 aromatic rings. The zero-order chi connectivity index (χ0) is 22.9. The number of carbonyl (C=O) groups excluding carboxylic acids is 3. The minimum absolute atomic E-state index is 0.130. The summed E-state index contributed by atoms with van der Waals surface area (Å²) in [5.74, 6) is -5.29. The minimum Gasteiger partial charge on any atom is -0.481 e. The quantitative estimate of drug-likeness (QED) is 0.157. The van der Waals surface area contributed by atoms with Crippen molar-refractivity contribution in [1.82, 2.24) is 10.6 Å². The zero-order valence-electron chi connectivity index (χ0n) is 17.7. The van der Waals surface area contributed by atoms with Crippen LogP contribution in [0.15, 0.2) is 0 Å². The molecular weight excluding hydrogens is 394 g/mol. The molecule has 0 bridgehead atoms. The van der Waals surface area contributed by atoms with Gasteiger partial charge in [0.05, 0.1) is 6.54 Å². The first-order valence-electron chi connectivity index (χ1n) is 10.5. The number of carboxylic acid groups (broad SMARTS) is 2. The van der Waals surface area contributed by atoms with E-state index in [4.69, 9.17) is 10.8 Å². The van der Waals surface area contributed by atoms with E-state index in [0.717, 1.165) is 19.3 Å². The lowest BCUT2D eigenvalue weighted by Gasteiger charge is -2.15. The predicted molar refractivity (Wildman–Crippen MR) is 110 cm³/mol. The molecule has 0 aliphatic rings. The summed E-state index contributed by atoms with van der Waals surface area (Å²) in [5.41, 5.74) is 5.35. The van der Waals surface area contributed by atoms with Crippen LogP contribution in [-0.4, -0.2) is 58.9 Å². The SMILES string of the molecule is CCCCCCC(=O)N[C@H](CCC(=O)NCC(=O)C(CCCCN)C(=O)O)C(=O)O. The Morgan fingerprint density at radius 1 is 0.833 bits per heavy atom.